The molecular formula is C40H71NO14. The van der Waals surface area contributed by atoms with Gasteiger partial charge in [0.25, 0.3) is 0 Å². The van der Waals surface area contributed by atoms with Crippen LogP contribution in [0.2, 0.25) is 0 Å². The maximum Gasteiger partial charge on any atom is 0.311 e. The molecule has 0 saturated carbocycles. The first-order valence-electron chi connectivity index (χ1n) is 19.8. The van der Waals surface area contributed by atoms with Crippen LogP contribution in [0.3, 0.4) is 0 Å². The van der Waals surface area contributed by atoms with Crippen molar-refractivity contribution in [3.05, 3.63) is 0 Å². The molecule has 3 rings (SSSR count). The van der Waals surface area contributed by atoms with Crippen molar-refractivity contribution in [2.45, 2.75) is 186 Å². The van der Waals surface area contributed by atoms with Gasteiger partial charge in [-0.1, -0.05) is 27.7 Å². The summed E-state index contributed by atoms with van der Waals surface area (Å²) in [6.07, 6.45) is -8.82. The molecule has 3 heterocycles. The highest BCUT2D eigenvalue weighted by molar-refractivity contribution is 5.83. The Kier molecular flexibility index (Phi) is 16.3. The van der Waals surface area contributed by atoms with E-state index in [0.717, 1.165) is 0 Å². The van der Waals surface area contributed by atoms with Crippen molar-refractivity contribution in [2.24, 2.45) is 23.7 Å². The number of aliphatic hydroxyl groups excluding tert-OH is 2. The Labute approximate surface area is 327 Å². The lowest BCUT2D eigenvalue weighted by Gasteiger charge is -2.50. The van der Waals surface area contributed by atoms with Crippen LogP contribution in [-0.4, -0.2) is 151 Å². The molecule has 0 aromatic carbocycles. The summed E-state index contributed by atoms with van der Waals surface area (Å²) in [7, 11) is 6.77. The topological polar surface area (TPSA) is 189 Å². The lowest BCUT2D eigenvalue weighted by Crippen LogP contribution is -2.62. The number of rotatable bonds is 9. The second-order valence-electron chi connectivity index (χ2n) is 17.2. The number of methoxy groups -OCH3 is 2. The van der Waals surface area contributed by atoms with Gasteiger partial charge in [0.2, 0.25) is 0 Å². The second kappa shape index (κ2) is 18.9. The molecule has 0 aromatic rings. The molecule has 0 aliphatic carbocycles. The highest BCUT2D eigenvalue weighted by Gasteiger charge is 2.54. The van der Waals surface area contributed by atoms with Gasteiger partial charge >= 0.3 is 11.9 Å². The van der Waals surface area contributed by atoms with Crippen molar-refractivity contribution in [3.8, 4) is 0 Å². The molecule has 320 valence electrons. The van der Waals surface area contributed by atoms with Gasteiger partial charge in [-0.25, -0.2) is 0 Å². The molecule has 0 spiro atoms. The molecule has 0 aromatic heterocycles. The van der Waals surface area contributed by atoms with Crippen molar-refractivity contribution in [1.82, 2.24) is 4.90 Å². The number of ether oxygens (including phenoxy) is 8. The molecule has 3 aliphatic heterocycles. The van der Waals surface area contributed by atoms with Crippen molar-refractivity contribution in [1.29, 1.82) is 0 Å². The Balaban J connectivity index is 2.27. The zero-order valence-electron chi connectivity index (χ0n) is 35.8. The van der Waals surface area contributed by atoms with Gasteiger partial charge in [-0.3, -0.25) is 14.4 Å². The smallest absolute Gasteiger partial charge is 0.311 e. The van der Waals surface area contributed by atoms with Gasteiger partial charge in [0.05, 0.1) is 53.7 Å². The van der Waals surface area contributed by atoms with E-state index < -0.39 is 108 Å². The van der Waals surface area contributed by atoms with Gasteiger partial charge in [0.15, 0.2) is 18.7 Å². The minimum Gasteiger partial charge on any atom is -0.459 e. The maximum absolute atomic E-state index is 14.3. The number of Topliss-reactive ketones (excluding diaryl/α,β-unsaturated/α-hetero) is 1. The molecule has 15 nitrogen and oxygen atoms in total. The average molecular weight is 790 g/mol. The van der Waals surface area contributed by atoms with E-state index in [1.165, 1.54) is 28.1 Å². The van der Waals surface area contributed by atoms with Gasteiger partial charge < -0.3 is 58.1 Å². The van der Waals surface area contributed by atoms with Crippen molar-refractivity contribution < 1.29 is 67.6 Å². The van der Waals surface area contributed by atoms with E-state index in [1.54, 1.807) is 48.5 Å². The Morgan fingerprint density at radius 2 is 1.47 bits per heavy atom. The van der Waals surface area contributed by atoms with Crippen molar-refractivity contribution >= 4 is 17.7 Å². The number of carbonyl (C=O) groups excluding carboxylic acids is 3. The molecule has 8 unspecified atom stereocenters. The molecule has 18 atom stereocenters. The van der Waals surface area contributed by atoms with Crippen LogP contribution in [0.15, 0.2) is 0 Å². The van der Waals surface area contributed by atoms with E-state index in [2.05, 4.69) is 0 Å². The zero-order valence-corrected chi connectivity index (χ0v) is 35.8. The Bertz CT molecular complexity index is 1300. The molecular weight excluding hydrogens is 718 g/mol. The largest absolute Gasteiger partial charge is 0.459 e. The first-order chi connectivity index (χ1) is 25.4. The molecule has 55 heavy (non-hydrogen) atoms. The summed E-state index contributed by atoms with van der Waals surface area (Å²) < 4.78 is 50.3. The molecule has 3 N–H and O–H groups in total. The summed E-state index contributed by atoms with van der Waals surface area (Å²) in [6, 6.07) is -0.280. The number of hydrogen-bond donors (Lipinski definition) is 3. The summed E-state index contributed by atoms with van der Waals surface area (Å²) >= 11 is 0. The predicted octanol–water partition coefficient (Wildman–Crippen LogP) is 3.01. The number of ketones is 1. The lowest BCUT2D eigenvalue weighted by atomic mass is 9.74. The SMILES string of the molecule is CC[C@H]1OC(=O)[C@H](C)[C@@H](OC2CC(C)(OC)C(O)C(C)O2)[C@H](C)[C@@H](OC2OC(C)CC(N(C)C)C2OC(C)=O)[C@](C)(OC)C[C@@H](C)C(=O)[C@H](C)[C@@H](O)[C@]1(C)O. The van der Waals surface area contributed by atoms with Gasteiger partial charge in [0, 0.05) is 45.3 Å². The van der Waals surface area contributed by atoms with Crippen molar-refractivity contribution in [3.63, 3.8) is 0 Å². The van der Waals surface area contributed by atoms with Crippen LogP contribution in [-0.2, 0) is 52.3 Å². The van der Waals surface area contributed by atoms with Gasteiger partial charge in [-0.15, -0.1) is 0 Å². The fourth-order valence-corrected chi connectivity index (χ4v) is 8.89. The third kappa shape index (κ3) is 10.5. The number of cyclic esters (lactones) is 1. The van der Waals surface area contributed by atoms with E-state index >= 15 is 0 Å². The van der Waals surface area contributed by atoms with Crippen LogP contribution >= 0.6 is 0 Å². The predicted molar refractivity (Wildman–Crippen MR) is 201 cm³/mol. The average Bonchev–Trinajstić information content (AvgIpc) is 3.12. The van der Waals surface area contributed by atoms with Crippen LogP contribution in [0.5, 0.6) is 0 Å². The molecule has 3 aliphatic rings. The van der Waals surface area contributed by atoms with Crippen LogP contribution in [0, 0.1) is 23.7 Å². The standard InChI is InChI=1S/C40H71NO14/c1-16-28-40(11,47)33(44)22(4)30(43)20(2)18-39(10,49-15)35(55-37-32(52-26(8)42)27(41(12)13)17-21(3)50-37)23(5)31(24(6)36(46)53-28)54-29-19-38(9,48-14)34(45)25(7)51-29/h20-25,27-29,31-35,37,44-45,47H,16-19H2,1-15H3/t20-,21?,22+,23+,24-,25?,27?,28-,29?,31+,32?,33-,34?,35-,37?,38?,39-,40-/m1/s1. The monoisotopic (exact) mass is 789 g/mol. The fourth-order valence-electron chi connectivity index (χ4n) is 8.89. The zero-order chi connectivity index (χ0) is 42.0. The molecule has 0 amide bonds. The Hall–Kier alpha value is -1.79. The second-order valence-corrected chi connectivity index (χ2v) is 17.2. The first kappa shape index (κ1) is 47.6. The molecule has 0 bridgehead atoms. The van der Waals surface area contributed by atoms with Crippen molar-refractivity contribution in [2.75, 3.05) is 28.3 Å². The summed E-state index contributed by atoms with van der Waals surface area (Å²) in [4.78, 5) is 42.8. The van der Waals surface area contributed by atoms with Gasteiger partial charge in [-0.2, -0.15) is 0 Å². The Morgan fingerprint density at radius 3 is 2.00 bits per heavy atom. The fraction of sp³-hybridized carbons (Fsp3) is 0.925. The number of hydrogen-bond acceptors (Lipinski definition) is 15. The van der Waals surface area contributed by atoms with Gasteiger partial charge in [0.1, 0.15) is 23.6 Å². The molecule has 3 saturated heterocycles. The number of likely N-dealkylation sites (N-methyl/N-ethyl adjacent to an activating group) is 1. The minimum atomic E-state index is -1.98. The highest BCUT2D eigenvalue weighted by atomic mass is 16.7. The number of carbonyl (C=O) groups is 3. The maximum atomic E-state index is 14.3. The van der Waals surface area contributed by atoms with Crippen LogP contribution in [0.4, 0.5) is 0 Å². The van der Waals surface area contributed by atoms with E-state index in [9.17, 15) is 29.7 Å². The highest BCUT2D eigenvalue weighted by Crippen LogP contribution is 2.42. The lowest BCUT2D eigenvalue weighted by molar-refractivity contribution is -0.320. The Morgan fingerprint density at radius 1 is 0.873 bits per heavy atom. The normalized spacial score (nSPS) is 46.9. The quantitative estimate of drug-likeness (QED) is 0.289. The number of aliphatic hydroxyl groups is 3. The third-order valence-electron chi connectivity index (χ3n) is 12.5. The number of esters is 2. The van der Waals surface area contributed by atoms with E-state index in [1.807, 2.05) is 32.8 Å². The van der Waals surface area contributed by atoms with Crippen LogP contribution in [0.25, 0.3) is 0 Å². The van der Waals surface area contributed by atoms with Gasteiger partial charge in [-0.05, 0) is 74.9 Å². The summed E-state index contributed by atoms with van der Waals surface area (Å²) in [6.45, 7) is 18.3. The summed E-state index contributed by atoms with van der Waals surface area (Å²) in [5.41, 5.74) is -4.32. The summed E-state index contributed by atoms with van der Waals surface area (Å²) in [5.74, 6) is -5.13. The molecule has 15 heteroatoms. The molecule has 0 radical (unpaired) electrons. The minimum absolute atomic E-state index is 0.0851. The summed E-state index contributed by atoms with van der Waals surface area (Å²) in [5, 5.41) is 34.1. The number of nitrogens with zero attached hydrogens (tertiary/aromatic N) is 1. The van der Waals surface area contributed by atoms with Crippen LogP contribution in [0.1, 0.15) is 102 Å². The molecule has 3 fully saturated rings. The third-order valence-corrected chi connectivity index (χ3v) is 12.5. The van der Waals surface area contributed by atoms with E-state index in [0.29, 0.717) is 6.42 Å². The first-order valence-corrected chi connectivity index (χ1v) is 19.8. The van der Waals surface area contributed by atoms with Crippen LogP contribution < -0.4 is 0 Å². The van der Waals surface area contributed by atoms with E-state index in [4.69, 9.17) is 37.9 Å². The van der Waals surface area contributed by atoms with E-state index in [-0.39, 0.29) is 37.2 Å².